The van der Waals surface area contributed by atoms with Gasteiger partial charge in [0.25, 0.3) is 0 Å². The maximum absolute atomic E-state index is 6.08. The van der Waals surface area contributed by atoms with Crippen LogP contribution in [-0.2, 0) is 5.66 Å². The summed E-state index contributed by atoms with van der Waals surface area (Å²) in [6, 6.07) is 8.87. The summed E-state index contributed by atoms with van der Waals surface area (Å²) < 4.78 is 0. The molecule has 0 radical (unpaired) electrons. The molecule has 1 aromatic carbocycles. The number of hydrogen-bond donors (Lipinski definition) is 1. The first-order valence-corrected chi connectivity index (χ1v) is 9.95. The SMILES string of the molecule is CCCCC1CC(NC(C)(c2ccc(Cl)cc2)N(C)C)CCC1C. The molecular formula is C21H35ClN2. The summed E-state index contributed by atoms with van der Waals surface area (Å²) in [7, 11) is 4.31. The molecule has 3 heteroatoms. The lowest BCUT2D eigenvalue weighted by molar-refractivity contribution is 0.0811. The molecular weight excluding hydrogens is 316 g/mol. The van der Waals surface area contributed by atoms with Gasteiger partial charge in [0.15, 0.2) is 0 Å². The highest BCUT2D eigenvalue weighted by atomic mass is 35.5. The molecule has 1 aliphatic rings. The van der Waals surface area contributed by atoms with E-state index in [9.17, 15) is 0 Å². The Hall–Kier alpha value is -0.570. The molecule has 0 amide bonds. The lowest BCUT2D eigenvalue weighted by atomic mass is 9.75. The van der Waals surface area contributed by atoms with Crippen LogP contribution in [0.1, 0.15) is 64.9 Å². The Bertz CT molecular complexity index is 499. The molecule has 0 spiro atoms. The summed E-state index contributed by atoms with van der Waals surface area (Å²) in [6.45, 7) is 7.03. The molecule has 0 bridgehead atoms. The van der Waals surface area contributed by atoms with Crippen molar-refractivity contribution in [3.8, 4) is 0 Å². The summed E-state index contributed by atoms with van der Waals surface area (Å²) in [4.78, 5) is 2.29. The van der Waals surface area contributed by atoms with Crippen LogP contribution in [0.5, 0.6) is 0 Å². The topological polar surface area (TPSA) is 15.3 Å². The molecule has 4 atom stereocenters. The smallest absolute Gasteiger partial charge is 0.0943 e. The van der Waals surface area contributed by atoms with Crippen LogP contribution in [0.15, 0.2) is 24.3 Å². The molecule has 2 rings (SSSR count). The third-order valence-corrected chi connectivity index (χ3v) is 6.33. The molecule has 0 aromatic heterocycles. The standard InChI is InChI=1S/C21H35ClN2/c1-6-7-8-17-15-20(14-9-16(17)2)23-21(3,24(4)5)18-10-12-19(22)13-11-18/h10-13,16-17,20,23H,6-9,14-15H2,1-5H3. The van der Waals surface area contributed by atoms with Crippen LogP contribution in [0.4, 0.5) is 0 Å². The van der Waals surface area contributed by atoms with Crippen LogP contribution in [0, 0.1) is 11.8 Å². The van der Waals surface area contributed by atoms with E-state index in [1.165, 1.54) is 44.1 Å². The molecule has 4 unspecified atom stereocenters. The molecule has 1 N–H and O–H groups in total. The number of nitrogens with one attached hydrogen (secondary N) is 1. The quantitative estimate of drug-likeness (QED) is 0.638. The first-order chi connectivity index (χ1) is 11.4. The molecule has 1 aromatic rings. The molecule has 2 nitrogen and oxygen atoms in total. The Morgan fingerprint density at radius 3 is 2.46 bits per heavy atom. The summed E-state index contributed by atoms with van der Waals surface area (Å²) in [5, 5.41) is 4.77. The van der Waals surface area contributed by atoms with Crippen molar-refractivity contribution in [1.29, 1.82) is 0 Å². The number of halogens is 1. The van der Waals surface area contributed by atoms with E-state index in [2.05, 4.69) is 57.2 Å². The minimum Gasteiger partial charge on any atom is -0.293 e. The molecule has 0 aliphatic heterocycles. The Balaban J connectivity index is 2.11. The van der Waals surface area contributed by atoms with Crippen molar-refractivity contribution in [2.45, 2.75) is 71.0 Å². The third kappa shape index (κ3) is 4.74. The second-order valence-electron chi connectivity index (χ2n) is 8.01. The first-order valence-electron chi connectivity index (χ1n) is 9.58. The highest BCUT2D eigenvalue weighted by Crippen LogP contribution is 2.35. The van der Waals surface area contributed by atoms with Gasteiger partial charge in [-0.1, -0.05) is 56.8 Å². The van der Waals surface area contributed by atoms with Gasteiger partial charge in [0.2, 0.25) is 0 Å². The van der Waals surface area contributed by atoms with E-state index in [4.69, 9.17) is 11.6 Å². The highest BCUT2D eigenvalue weighted by molar-refractivity contribution is 6.30. The van der Waals surface area contributed by atoms with Crippen molar-refractivity contribution >= 4 is 11.6 Å². The van der Waals surface area contributed by atoms with E-state index in [0.717, 1.165) is 16.9 Å². The van der Waals surface area contributed by atoms with Crippen molar-refractivity contribution in [3.05, 3.63) is 34.9 Å². The molecule has 1 aliphatic carbocycles. The van der Waals surface area contributed by atoms with E-state index in [-0.39, 0.29) is 5.66 Å². The van der Waals surface area contributed by atoms with Gasteiger partial charge in [-0.15, -0.1) is 0 Å². The van der Waals surface area contributed by atoms with Crippen LogP contribution in [0.25, 0.3) is 0 Å². The number of unbranched alkanes of at least 4 members (excludes halogenated alkanes) is 1. The van der Waals surface area contributed by atoms with Gasteiger partial charge in [-0.2, -0.15) is 0 Å². The molecule has 136 valence electrons. The van der Waals surface area contributed by atoms with Crippen LogP contribution >= 0.6 is 11.6 Å². The predicted molar refractivity (Wildman–Crippen MR) is 105 cm³/mol. The van der Waals surface area contributed by atoms with Gasteiger partial charge < -0.3 is 0 Å². The van der Waals surface area contributed by atoms with Gasteiger partial charge in [0, 0.05) is 11.1 Å². The normalized spacial score (nSPS) is 27.2. The maximum atomic E-state index is 6.08. The fourth-order valence-electron chi connectivity index (χ4n) is 4.06. The zero-order valence-corrected chi connectivity index (χ0v) is 16.9. The van der Waals surface area contributed by atoms with Crippen molar-refractivity contribution in [2.75, 3.05) is 14.1 Å². The molecule has 24 heavy (non-hydrogen) atoms. The van der Waals surface area contributed by atoms with Gasteiger partial charge in [0.1, 0.15) is 0 Å². The minimum atomic E-state index is -0.162. The fraction of sp³-hybridized carbons (Fsp3) is 0.714. The van der Waals surface area contributed by atoms with E-state index < -0.39 is 0 Å². The second-order valence-corrected chi connectivity index (χ2v) is 8.44. The van der Waals surface area contributed by atoms with E-state index in [0.29, 0.717) is 6.04 Å². The van der Waals surface area contributed by atoms with Gasteiger partial charge in [-0.3, -0.25) is 10.2 Å². The largest absolute Gasteiger partial charge is 0.293 e. The summed E-state index contributed by atoms with van der Waals surface area (Å²) in [5.41, 5.74) is 1.12. The van der Waals surface area contributed by atoms with Gasteiger partial charge in [-0.25, -0.2) is 0 Å². The highest BCUT2D eigenvalue weighted by Gasteiger charge is 2.35. The van der Waals surface area contributed by atoms with Crippen molar-refractivity contribution in [2.24, 2.45) is 11.8 Å². The Kier molecular flexibility index (Phi) is 7.15. The maximum Gasteiger partial charge on any atom is 0.0943 e. The molecule has 1 fully saturated rings. The number of nitrogens with zero attached hydrogens (tertiary/aromatic N) is 1. The van der Waals surface area contributed by atoms with E-state index in [1.807, 2.05) is 12.1 Å². The Morgan fingerprint density at radius 1 is 1.21 bits per heavy atom. The van der Waals surface area contributed by atoms with Crippen LogP contribution in [0.2, 0.25) is 5.02 Å². The molecule has 0 heterocycles. The lowest BCUT2D eigenvalue weighted by Crippen LogP contribution is -2.55. The van der Waals surface area contributed by atoms with Crippen LogP contribution in [-0.4, -0.2) is 25.0 Å². The van der Waals surface area contributed by atoms with Crippen LogP contribution in [0.3, 0.4) is 0 Å². The predicted octanol–water partition coefficient (Wildman–Crippen LogP) is 5.66. The molecule has 0 saturated heterocycles. The zero-order chi connectivity index (χ0) is 17.7. The molecule has 1 saturated carbocycles. The summed E-state index contributed by atoms with van der Waals surface area (Å²) >= 11 is 6.08. The third-order valence-electron chi connectivity index (χ3n) is 6.08. The first kappa shape index (κ1) is 19.8. The number of benzene rings is 1. The van der Waals surface area contributed by atoms with E-state index in [1.54, 1.807) is 0 Å². The summed E-state index contributed by atoms with van der Waals surface area (Å²) in [6.07, 6.45) is 7.98. The average molecular weight is 351 g/mol. The zero-order valence-electron chi connectivity index (χ0n) is 16.1. The van der Waals surface area contributed by atoms with Crippen molar-refractivity contribution < 1.29 is 0 Å². The van der Waals surface area contributed by atoms with Gasteiger partial charge in [-0.05, 0) is 69.8 Å². The van der Waals surface area contributed by atoms with E-state index >= 15 is 0 Å². The summed E-state index contributed by atoms with van der Waals surface area (Å²) in [5.74, 6) is 1.74. The monoisotopic (exact) mass is 350 g/mol. The fourth-order valence-corrected chi connectivity index (χ4v) is 4.18. The minimum absolute atomic E-state index is 0.162. The van der Waals surface area contributed by atoms with Crippen LogP contribution < -0.4 is 5.32 Å². The van der Waals surface area contributed by atoms with Crippen molar-refractivity contribution in [3.63, 3.8) is 0 Å². The Morgan fingerprint density at radius 2 is 1.88 bits per heavy atom. The number of rotatable bonds is 7. The number of hydrogen-bond acceptors (Lipinski definition) is 2. The van der Waals surface area contributed by atoms with Gasteiger partial charge in [0.05, 0.1) is 5.66 Å². The Labute approximate surface area is 154 Å². The van der Waals surface area contributed by atoms with Gasteiger partial charge >= 0.3 is 0 Å². The average Bonchev–Trinajstić information content (AvgIpc) is 2.55. The second kappa shape index (κ2) is 8.69. The van der Waals surface area contributed by atoms with Crippen molar-refractivity contribution in [1.82, 2.24) is 10.2 Å². The lowest BCUT2D eigenvalue weighted by Gasteiger charge is -2.44.